The van der Waals surface area contributed by atoms with Gasteiger partial charge in [-0.05, 0) is 160 Å². The zero-order chi connectivity index (χ0) is 52.9. The molecule has 0 spiro atoms. The summed E-state index contributed by atoms with van der Waals surface area (Å²) in [6.45, 7) is 4.27. The van der Waals surface area contributed by atoms with Crippen molar-refractivity contribution in [2.75, 3.05) is 9.80 Å². The Balaban J connectivity index is 0.759. The molecule has 11 rings (SSSR count). The Bertz CT molecular complexity index is 3650. The van der Waals surface area contributed by atoms with Crippen LogP contribution in [0.2, 0.25) is 0 Å². The van der Waals surface area contributed by atoms with Crippen LogP contribution in [0.25, 0.3) is 36.0 Å². The molecule has 0 aliphatic rings. The number of nitrogens with zero attached hydrogens (tertiary/aromatic N) is 2. The van der Waals surface area contributed by atoms with E-state index in [1.165, 1.54) is 44.5 Å². The van der Waals surface area contributed by atoms with Crippen LogP contribution in [0.4, 0.5) is 34.1 Å². The largest absolute Gasteiger partial charge is 0.311 e. The molecule has 78 heavy (non-hydrogen) atoms. The van der Waals surface area contributed by atoms with E-state index in [1.54, 1.807) is 0 Å². The van der Waals surface area contributed by atoms with Crippen molar-refractivity contribution < 1.29 is 0 Å². The lowest BCUT2D eigenvalue weighted by Crippen LogP contribution is -2.10. The van der Waals surface area contributed by atoms with Crippen LogP contribution in [0.15, 0.2) is 291 Å². The molecule has 0 saturated heterocycles. The van der Waals surface area contributed by atoms with E-state index in [0.717, 1.165) is 68.4 Å². The normalized spacial score (nSPS) is 11.3. The fraction of sp³-hybridized carbons (Fsp3) is 0.0526. The maximum absolute atomic E-state index is 2.34. The Morgan fingerprint density at radius 3 is 0.897 bits per heavy atom. The Labute approximate surface area is 461 Å². The first kappa shape index (κ1) is 50.4. The molecule has 0 aromatic heterocycles. The molecule has 0 aliphatic heterocycles. The topological polar surface area (TPSA) is 6.48 Å². The molecule has 2 nitrogen and oxygen atoms in total. The minimum Gasteiger partial charge on any atom is -0.311 e. The predicted molar refractivity (Wildman–Crippen MR) is 334 cm³/mol. The van der Waals surface area contributed by atoms with Crippen molar-refractivity contribution in [2.24, 2.45) is 0 Å². The fourth-order valence-electron chi connectivity index (χ4n) is 10.1. The highest BCUT2D eigenvalue weighted by atomic mass is 15.1. The zero-order valence-corrected chi connectivity index (χ0v) is 44.3. The standard InChI is InChI=1S/C76H62N2/c1-57-23-43-69(44-24-57)77(73-51-39-63(40-52-73)55-75(65-15-7-3-8-16-65)66-17-9-4-10-18-66)71-47-35-61(36-48-71)33-31-59-27-29-60(30-28-59)32-34-62-37-49-72(50-38-62)78(70-45-25-58(2)26-46-70)74-53-41-64(42-54-74)56-76(67-19-11-5-12-20-67)68-21-13-6-14-22-68/h3-55,76H,56H2,1-2H3. The second-order valence-electron chi connectivity index (χ2n) is 20.0. The molecule has 11 aromatic rings. The molecular weight excluding hydrogens is 941 g/mol. The third-order valence-electron chi connectivity index (χ3n) is 14.4. The summed E-state index contributed by atoms with van der Waals surface area (Å²) in [5.41, 5.74) is 22.4. The molecule has 0 aliphatic carbocycles. The third kappa shape index (κ3) is 12.5. The van der Waals surface area contributed by atoms with Crippen LogP contribution in [-0.2, 0) is 6.42 Å². The van der Waals surface area contributed by atoms with E-state index in [1.807, 2.05) is 0 Å². The van der Waals surface area contributed by atoms with Gasteiger partial charge in [0.2, 0.25) is 0 Å². The van der Waals surface area contributed by atoms with Crippen LogP contribution in [0.3, 0.4) is 0 Å². The lowest BCUT2D eigenvalue weighted by atomic mass is 9.86. The van der Waals surface area contributed by atoms with Crippen LogP contribution in [0.5, 0.6) is 0 Å². The lowest BCUT2D eigenvalue weighted by Gasteiger charge is -2.26. The summed E-state index contributed by atoms with van der Waals surface area (Å²) in [6.07, 6.45) is 12.0. The molecule has 11 aromatic carbocycles. The van der Waals surface area contributed by atoms with Gasteiger partial charge in [-0.25, -0.2) is 0 Å². The lowest BCUT2D eigenvalue weighted by molar-refractivity contribution is 0.805. The summed E-state index contributed by atoms with van der Waals surface area (Å²) in [6, 6.07) is 105. The molecule has 2 heteroatoms. The van der Waals surface area contributed by atoms with E-state index in [9.17, 15) is 0 Å². The van der Waals surface area contributed by atoms with Crippen LogP contribution >= 0.6 is 0 Å². The van der Waals surface area contributed by atoms with E-state index in [4.69, 9.17) is 0 Å². The second kappa shape index (κ2) is 24.3. The van der Waals surface area contributed by atoms with Crippen LogP contribution in [0.1, 0.15) is 72.7 Å². The van der Waals surface area contributed by atoms with Crippen molar-refractivity contribution in [3.63, 3.8) is 0 Å². The van der Waals surface area contributed by atoms with Gasteiger partial charge in [0.15, 0.2) is 0 Å². The molecule has 0 unspecified atom stereocenters. The van der Waals surface area contributed by atoms with Gasteiger partial charge in [0.05, 0.1) is 0 Å². The van der Waals surface area contributed by atoms with Gasteiger partial charge in [0.25, 0.3) is 0 Å². The first-order valence-electron chi connectivity index (χ1n) is 27.0. The second-order valence-corrected chi connectivity index (χ2v) is 20.0. The van der Waals surface area contributed by atoms with E-state index < -0.39 is 0 Å². The summed E-state index contributed by atoms with van der Waals surface area (Å²) in [7, 11) is 0. The number of aryl methyl sites for hydroxylation is 2. The molecule has 0 heterocycles. The molecule has 0 radical (unpaired) electrons. The molecule has 0 fully saturated rings. The Hall–Kier alpha value is -9.76. The highest BCUT2D eigenvalue weighted by Crippen LogP contribution is 2.38. The third-order valence-corrected chi connectivity index (χ3v) is 14.4. The maximum Gasteiger partial charge on any atom is 0.0462 e. The highest BCUT2D eigenvalue weighted by Gasteiger charge is 2.18. The Kier molecular flexibility index (Phi) is 15.7. The molecule has 0 N–H and O–H groups in total. The number of anilines is 6. The van der Waals surface area contributed by atoms with Crippen molar-refractivity contribution in [3.05, 3.63) is 358 Å². The van der Waals surface area contributed by atoms with Gasteiger partial charge in [0.1, 0.15) is 0 Å². The molecular formula is C76H62N2. The quantitative estimate of drug-likeness (QED) is 0.0839. The van der Waals surface area contributed by atoms with Crippen LogP contribution in [0, 0.1) is 13.8 Å². The number of hydrogen-bond acceptors (Lipinski definition) is 2. The minimum absolute atomic E-state index is 0.279. The smallest absolute Gasteiger partial charge is 0.0462 e. The number of benzene rings is 11. The Morgan fingerprint density at radius 2 is 0.564 bits per heavy atom. The van der Waals surface area contributed by atoms with E-state index in [-0.39, 0.29) is 5.92 Å². The average molecular weight is 1000 g/mol. The van der Waals surface area contributed by atoms with Crippen molar-refractivity contribution in [2.45, 2.75) is 26.2 Å². The van der Waals surface area contributed by atoms with E-state index in [0.29, 0.717) is 0 Å². The molecule has 376 valence electrons. The maximum atomic E-state index is 2.34. The molecule has 0 saturated carbocycles. The van der Waals surface area contributed by atoms with Gasteiger partial charge in [-0.15, -0.1) is 0 Å². The summed E-state index contributed by atoms with van der Waals surface area (Å²) in [5.74, 6) is 0.279. The van der Waals surface area contributed by atoms with E-state index in [2.05, 4.69) is 345 Å². The average Bonchev–Trinajstić information content (AvgIpc) is 3.54. The van der Waals surface area contributed by atoms with Crippen molar-refractivity contribution in [1.29, 1.82) is 0 Å². The predicted octanol–water partition coefficient (Wildman–Crippen LogP) is 20.5. The summed E-state index contributed by atoms with van der Waals surface area (Å²) in [5, 5.41) is 0. The van der Waals surface area contributed by atoms with Crippen molar-refractivity contribution in [3.8, 4) is 0 Å². The van der Waals surface area contributed by atoms with Crippen molar-refractivity contribution >= 4 is 70.1 Å². The van der Waals surface area contributed by atoms with Crippen LogP contribution in [-0.4, -0.2) is 0 Å². The first-order chi connectivity index (χ1) is 38.5. The van der Waals surface area contributed by atoms with Gasteiger partial charge < -0.3 is 9.80 Å². The van der Waals surface area contributed by atoms with Gasteiger partial charge in [0, 0.05) is 40.0 Å². The molecule has 0 amide bonds. The van der Waals surface area contributed by atoms with Gasteiger partial charge in [-0.3, -0.25) is 0 Å². The summed E-state index contributed by atoms with van der Waals surface area (Å²) >= 11 is 0. The number of hydrogen-bond donors (Lipinski definition) is 0. The van der Waals surface area contributed by atoms with Gasteiger partial charge >= 0.3 is 0 Å². The molecule has 0 bridgehead atoms. The zero-order valence-electron chi connectivity index (χ0n) is 44.3. The fourth-order valence-corrected chi connectivity index (χ4v) is 10.1. The highest BCUT2D eigenvalue weighted by molar-refractivity contribution is 5.92. The van der Waals surface area contributed by atoms with E-state index >= 15 is 0 Å². The SMILES string of the molecule is Cc1ccc(N(c2ccc(C=Cc3ccc(C=Cc4ccc(N(c5ccc(C)cc5)c5ccc(CC(c6ccccc6)c6ccccc6)cc5)cc4)cc3)cc2)c2ccc(C=C(c3ccccc3)c3ccccc3)cc2)cc1. The minimum atomic E-state index is 0.279. The molecule has 0 atom stereocenters. The first-order valence-corrected chi connectivity index (χ1v) is 27.0. The van der Waals surface area contributed by atoms with Crippen LogP contribution < -0.4 is 9.80 Å². The summed E-state index contributed by atoms with van der Waals surface area (Å²) < 4.78 is 0. The van der Waals surface area contributed by atoms with Gasteiger partial charge in [-0.1, -0.05) is 254 Å². The summed E-state index contributed by atoms with van der Waals surface area (Å²) in [4.78, 5) is 4.67. The van der Waals surface area contributed by atoms with Crippen molar-refractivity contribution in [1.82, 2.24) is 0 Å². The monoisotopic (exact) mass is 1000 g/mol. The van der Waals surface area contributed by atoms with Gasteiger partial charge in [-0.2, -0.15) is 0 Å². The number of rotatable bonds is 17. The Morgan fingerprint density at radius 1 is 0.295 bits per heavy atom.